The molecule has 1 aromatic heterocycles. The molecule has 2 aromatic rings. The molecule has 0 aliphatic rings. The highest BCUT2D eigenvalue weighted by molar-refractivity contribution is 5.14. The third-order valence-corrected chi connectivity index (χ3v) is 3.08. The van der Waals surface area contributed by atoms with Crippen molar-refractivity contribution < 1.29 is 5.11 Å². The van der Waals surface area contributed by atoms with Crippen molar-refractivity contribution in [1.82, 2.24) is 14.9 Å². The average molecular weight is 259 g/mol. The summed E-state index contributed by atoms with van der Waals surface area (Å²) < 4.78 is 0. The summed E-state index contributed by atoms with van der Waals surface area (Å²) in [6.07, 6.45) is 3.55. The van der Waals surface area contributed by atoms with Gasteiger partial charge in [-0.3, -0.25) is 4.90 Å². The quantitative estimate of drug-likeness (QED) is 0.800. The van der Waals surface area contributed by atoms with Gasteiger partial charge in [0.25, 0.3) is 0 Å². The molecule has 0 aliphatic heterocycles. The van der Waals surface area contributed by atoms with Gasteiger partial charge in [0.1, 0.15) is 0 Å². The lowest BCUT2D eigenvalue weighted by atomic mass is 10.1. The highest BCUT2D eigenvalue weighted by Gasteiger charge is 2.11. The van der Waals surface area contributed by atoms with Crippen molar-refractivity contribution in [3.05, 3.63) is 54.1 Å². The maximum absolute atomic E-state index is 9.23. The van der Waals surface area contributed by atoms with Gasteiger partial charge in [-0.25, -0.2) is 4.98 Å². The molecular weight excluding hydrogens is 238 g/mol. The molecule has 0 unspecified atom stereocenters. The van der Waals surface area contributed by atoms with Gasteiger partial charge in [-0.15, -0.1) is 0 Å². The summed E-state index contributed by atoms with van der Waals surface area (Å²) in [7, 11) is 0. The van der Waals surface area contributed by atoms with E-state index in [1.165, 1.54) is 5.56 Å². The molecule has 4 nitrogen and oxygen atoms in total. The first-order chi connectivity index (χ1) is 9.28. The van der Waals surface area contributed by atoms with Crippen molar-refractivity contribution in [1.29, 1.82) is 0 Å². The molecule has 0 fully saturated rings. The molecule has 0 radical (unpaired) electrons. The van der Waals surface area contributed by atoms with E-state index in [4.69, 9.17) is 0 Å². The summed E-state index contributed by atoms with van der Waals surface area (Å²) in [5.74, 6) is 0.270. The second kappa shape index (κ2) is 7.07. The highest BCUT2D eigenvalue weighted by atomic mass is 16.3. The summed E-state index contributed by atoms with van der Waals surface area (Å²) in [6.45, 7) is 4.84. The van der Waals surface area contributed by atoms with E-state index in [2.05, 4.69) is 46.1 Å². The number of hydrogen-bond donors (Lipinski definition) is 2. The fourth-order valence-electron chi connectivity index (χ4n) is 2.14. The van der Waals surface area contributed by atoms with Gasteiger partial charge in [-0.05, 0) is 11.5 Å². The molecule has 2 N–H and O–H groups in total. The van der Waals surface area contributed by atoms with Crippen molar-refractivity contribution in [2.75, 3.05) is 13.2 Å². The van der Waals surface area contributed by atoms with Gasteiger partial charge in [0.15, 0.2) is 0 Å². The topological polar surface area (TPSA) is 52.1 Å². The molecule has 1 atom stereocenters. The van der Waals surface area contributed by atoms with Crippen LogP contribution in [0, 0.1) is 5.92 Å². The van der Waals surface area contributed by atoms with E-state index >= 15 is 0 Å². The number of aromatic amines is 1. The molecule has 0 bridgehead atoms. The van der Waals surface area contributed by atoms with Gasteiger partial charge in [0.2, 0.25) is 0 Å². The van der Waals surface area contributed by atoms with E-state index < -0.39 is 0 Å². The van der Waals surface area contributed by atoms with Gasteiger partial charge < -0.3 is 10.1 Å². The van der Waals surface area contributed by atoms with E-state index in [0.29, 0.717) is 0 Å². The average Bonchev–Trinajstić information content (AvgIpc) is 2.92. The van der Waals surface area contributed by atoms with Crippen molar-refractivity contribution in [3.63, 3.8) is 0 Å². The van der Waals surface area contributed by atoms with Crippen molar-refractivity contribution in [3.8, 4) is 0 Å². The third kappa shape index (κ3) is 4.50. The van der Waals surface area contributed by atoms with Crippen LogP contribution in [0.2, 0.25) is 0 Å². The lowest BCUT2D eigenvalue weighted by molar-refractivity contribution is 0.162. The Labute approximate surface area is 114 Å². The second-order valence-electron chi connectivity index (χ2n) is 5.02. The Morgan fingerprint density at radius 2 is 2.05 bits per heavy atom. The Morgan fingerprint density at radius 3 is 2.68 bits per heavy atom. The number of aliphatic hydroxyl groups is 1. The summed E-state index contributed by atoms with van der Waals surface area (Å²) in [5.41, 5.74) is 2.38. The Hall–Kier alpha value is -1.65. The first kappa shape index (κ1) is 13.8. The molecule has 0 amide bonds. The van der Waals surface area contributed by atoms with Crippen LogP contribution in [-0.2, 0) is 13.1 Å². The normalized spacial score (nSPS) is 12.8. The van der Waals surface area contributed by atoms with Crippen LogP contribution < -0.4 is 0 Å². The maximum atomic E-state index is 9.23. The number of hydrogen-bond acceptors (Lipinski definition) is 3. The van der Waals surface area contributed by atoms with Crippen LogP contribution in [0.5, 0.6) is 0 Å². The number of benzene rings is 1. The van der Waals surface area contributed by atoms with Gasteiger partial charge in [-0.1, -0.05) is 37.3 Å². The Balaban J connectivity index is 2.01. The van der Waals surface area contributed by atoms with Crippen LogP contribution in [0.15, 0.2) is 42.9 Å². The summed E-state index contributed by atoms with van der Waals surface area (Å²) in [4.78, 5) is 9.50. The molecule has 4 heteroatoms. The maximum Gasteiger partial charge on any atom is 0.0922 e. The third-order valence-electron chi connectivity index (χ3n) is 3.08. The second-order valence-corrected chi connectivity index (χ2v) is 5.02. The van der Waals surface area contributed by atoms with Crippen molar-refractivity contribution in [2.24, 2.45) is 5.92 Å². The summed E-state index contributed by atoms with van der Waals surface area (Å²) >= 11 is 0. The smallest absolute Gasteiger partial charge is 0.0922 e. The van der Waals surface area contributed by atoms with Gasteiger partial charge in [0, 0.05) is 38.1 Å². The van der Waals surface area contributed by atoms with Crippen LogP contribution in [-0.4, -0.2) is 33.1 Å². The van der Waals surface area contributed by atoms with E-state index in [0.717, 1.165) is 25.3 Å². The number of imidazole rings is 1. The number of nitrogens with zero attached hydrogens (tertiary/aromatic N) is 2. The van der Waals surface area contributed by atoms with Gasteiger partial charge >= 0.3 is 0 Å². The van der Waals surface area contributed by atoms with Crippen LogP contribution in [0.3, 0.4) is 0 Å². The number of aliphatic hydroxyl groups excluding tert-OH is 1. The first-order valence-electron chi connectivity index (χ1n) is 6.62. The largest absolute Gasteiger partial charge is 0.396 e. The minimum Gasteiger partial charge on any atom is -0.396 e. The monoisotopic (exact) mass is 259 g/mol. The van der Waals surface area contributed by atoms with E-state index in [1.807, 2.05) is 12.3 Å². The fourth-order valence-corrected chi connectivity index (χ4v) is 2.14. The lowest BCUT2D eigenvalue weighted by Gasteiger charge is -2.24. The predicted molar refractivity (Wildman–Crippen MR) is 75.4 cm³/mol. The minimum atomic E-state index is 0.217. The number of rotatable bonds is 7. The Morgan fingerprint density at radius 1 is 1.26 bits per heavy atom. The molecule has 0 spiro atoms. The van der Waals surface area contributed by atoms with Crippen LogP contribution >= 0.6 is 0 Å². The summed E-state index contributed by atoms with van der Waals surface area (Å²) in [5, 5.41) is 9.23. The van der Waals surface area contributed by atoms with E-state index in [-0.39, 0.29) is 12.5 Å². The van der Waals surface area contributed by atoms with Crippen LogP contribution in [0.1, 0.15) is 18.2 Å². The predicted octanol–water partition coefficient (Wildman–Crippen LogP) is 2.04. The number of aromatic nitrogens is 2. The summed E-state index contributed by atoms with van der Waals surface area (Å²) in [6, 6.07) is 10.4. The molecule has 0 saturated heterocycles. The first-order valence-corrected chi connectivity index (χ1v) is 6.62. The molecule has 19 heavy (non-hydrogen) atoms. The Bertz CT molecular complexity index is 456. The zero-order valence-corrected chi connectivity index (χ0v) is 11.3. The molecule has 102 valence electrons. The zero-order valence-electron chi connectivity index (χ0n) is 11.3. The molecule has 1 heterocycles. The SMILES string of the molecule is C[C@@H](CO)CN(Cc1ccccc1)Cc1cnc[nH]1. The standard InChI is InChI=1S/C15H21N3O/c1-13(11-19)8-18(10-15-7-16-12-17-15)9-14-5-3-2-4-6-14/h2-7,12-13,19H,8-11H2,1H3,(H,16,17)/t13-/m1/s1. The number of nitrogens with one attached hydrogen (secondary N) is 1. The van der Waals surface area contributed by atoms with Gasteiger partial charge in [-0.2, -0.15) is 0 Å². The lowest BCUT2D eigenvalue weighted by Crippen LogP contribution is -2.29. The van der Waals surface area contributed by atoms with E-state index in [9.17, 15) is 5.11 Å². The minimum absolute atomic E-state index is 0.217. The number of H-pyrrole nitrogens is 1. The molecule has 0 aliphatic carbocycles. The van der Waals surface area contributed by atoms with Crippen molar-refractivity contribution in [2.45, 2.75) is 20.0 Å². The Kier molecular flexibility index (Phi) is 5.12. The fraction of sp³-hybridized carbons (Fsp3) is 0.400. The van der Waals surface area contributed by atoms with E-state index in [1.54, 1.807) is 6.33 Å². The van der Waals surface area contributed by atoms with Crippen LogP contribution in [0.4, 0.5) is 0 Å². The van der Waals surface area contributed by atoms with Crippen molar-refractivity contribution >= 4 is 0 Å². The highest BCUT2D eigenvalue weighted by Crippen LogP contribution is 2.10. The van der Waals surface area contributed by atoms with Crippen LogP contribution in [0.25, 0.3) is 0 Å². The molecular formula is C15H21N3O. The zero-order chi connectivity index (χ0) is 13.5. The molecule has 2 rings (SSSR count). The molecule has 1 aromatic carbocycles. The molecule has 0 saturated carbocycles. The van der Waals surface area contributed by atoms with Gasteiger partial charge in [0.05, 0.1) is 6.33 Å².